The molecule has 0 spiro atoms. The lowest BCUT2D eigenvalue weighted by Gasteiger charge is -2.18. The molecule has 0 saturated carbocycles. The number of hydrogen-bond acceptors (Lipinski definition) is 5. The SMILES string of the molecule is C=C/C(F)=C\C(=C/N)c1nccc(NCc2cccc3c2OC(C)(C)C3)n1. The van der Waals surface area contributed by atoms with Crippen molar-refractivity contribution < 1.29 is 9.13 Å². The minimum Gasteiger partial charge on any atom is -0.487 e. The summed E-state index contributed by atoms with van der Waals surface area (Å²) in [5.74, 6) is 1.37. The Morgan fingerprint density at radius 1 is 1.41 bits per heavy atom. The van der Waals surface area contributed by atoms with Gasteiger partial charge in [0, 0.05) is 36.5 Å². The second-order valence-electron chi connectivity index (χ2n) is 6.92. The van der Waals surface area contributed by atoms with Gasteiger partial charge < -0.3 is 15.8 Å². The Hall–Kier alpha value is -3.15. The van der Waals surface area contributed by atoms with E-state index < -0.39 is 5.83 Å². The van der Waals surface area contributed by atoms with Crippen LogP contribution < -0.4 is 15.8 Å². The fourth-order valence-corrected chi connectivity index (χ4v) is 3.00. The second kappa shape index (κ2) is 7.61. The van der Waals surface area contributed by atoms with Gasteiger partial charge in [-0.3, -0.25) is 0 Å². The predicted molar refractivity (Wildman–Crippen MR) is 106 cm³/mol. The van der Waals surface area contributed by atoms with Crippen LogP contribution in [0, 0.1) is 0 Å². The molecule has 3 N–H and O–H groups in total. The number of halogens is 1. The molecule has 0 amide bonds. The largest absolute Gasteiger partial charge is 0.487 e. The van der Waals surface area contributed by atoms with Gasteiger partial charge in [-0.15, -0.1) is 0 Å². The summed E-state index contributed by atoms with van der Waals surface area (Å²) in [5, 5.41) is 3.27. The predicted octanol–water partition coefficient (Wildman–Crippen LogP) is 4.14. The fraction of sp³-hybridized carbons (Fsp3) is 0.238. The van der Waals surface area contributed by atoms with Crippen molar-refractivity contribution in [1.82, 2.24) is 9.97 Å². The van der Waals surface area contributed by atoms with E-state index in [1.54, 1.807) is 12.3 Å². The molecule has 0 atom stereocenters. The van der Waals surface area contributed by atoms with E-state index in [1.807, 2.05) is 12.1 Å². The second-order valence-corrected chi connectivity index (χ2v) is 6.92. The number of nitrogens with two attached hydrogens (primary N) is 1. The van der Waals surface area contributed by atoms with Crippen molar-refractivity contribution in [2.75, 3.05) is 5.32 Å². The lowest BCUT2D eigenvalue weighted by molar-refractivity contribution is 0.137. The van der Waals surface area contributed by atoms with Crippen LogP contribution in [0.15, 0.2) is 61.2 Å². The molecule has 2 heterocycles. The molecule has 140 valence electrons. The fourth-order valence-electron chi connectivity index (χ4n) is 3.00. The van der Waals surface area contributed by atoms with Crippen molar-refractivity contribution in [3.05, 3.63) is 78.2 Å². The normalized spacial score (nSPS) is 15.8. The standard InChI is InChI=1S/C21H23FN4O/c1-4-17(22)10-16(12-23)20-24-9-8-18(26-20)25-13-15-7-5-6-14-11-21(2,3)27-19(14)15/h4-10,12H,1,11,13,23H2,2-3H3,(H,24,25,26)/b16-12+,17-10+. The smallest absolute Gasteiger partial charge is 0.163 e. The summed E-state index contributed by atoms with van der Waals surface area (Å²) in [7, 11) is 0. The Bertz CT molecular complexity index is 918. The Morgan fingerprint density at radius 3 is 2.96 bits per heavy atom. The minimum absolute atomic E-state index is 0.192. The molecule has 0 unspecified atom stereocenters. The highest BCUT2D eigenvalue weighted by Crippen LogP contribution is 2.37. The highest BCUT2D eigenvalue weighted by molar-refractivity contribution is 5.70. The van der Waals surface area contributed by atoms with Crippen LogP contribution in [0.4, 0.5) is 10.2 Å². The summed E-state index contributed by atoms with van der Waals surface area (Å²) >= 11 is 0. The van der Waals surface area contributed by atoms with E-state index in [2.05, 4.69) is 41.8 Å². The first-order valence-electron chi connectivity index (χ1n) is 8.70. The number of nitrogens with one attached hydrogen (secondary N) is 1. The zero-order valence-corrected chi connectivity index (χ0v) is 15.5. The summed E-state index contributed by atoms with van der Waals surface area (Å²) in [5.41, 5.74) is 8.04. The van der Waals surface area contributed by atoms with Gasteiger partial charge in [-0.2, -0.15) is 0 Å². The van der Waals surface area contributed by atoms with Gasteiger partial charge in [-0.1, -0.05) is 24.8 Å². The van der Waals surface area contributed by atoms with Gasteiger partial charge in [0.25, 0.3) is 0 Å². The van der Waals surface area contributed by atoms with Gasteiger partial charge in [0.05, 0.1) is 0 Å². The summed E-state index contributed by atoms with van der Waals surface area (Å²) in [6.45, 7) is 8.10. The van der Waals surface area contributed by atoms with Crippen LogP contribution in [0.2, 0.25) is 0 Å². The van der Waals surface area contributed by atoms with Crippen molar-refractivity contribution in [2.24, 2.45) is 5.73 Å². The van der Waals surface area contributed by atoms with Crippen molar-refractivity contribution >= 4 is 11.4 Å². The number of aromatic nitrogens is 2. The first-order chi connectivity index (χ1) is 12.9. The molecular weight excluding hydrogens is 343 g/mol. The average molecular weight is 366 g/mol. The molecule has 1 aliphatic heterocycles. The minimum atomic E-state index is -0.506. The third-order valence-electron chi connectivity index (χ3n) is 4.21. The van der Waals surface area contributed by atoms with E-state index in [0.717, 1.165) is 23.8 Å². The lowest BCUT2D eigenvalue weighted by atomic mass is 10.0. The van der Waals surface area contributed by atoms with Gasteiger partial charge in [0.15, 0.2) is 5.82 Å². The van der Waals surface area contributed by atoms with Crippen LogP contribution in [0.5, 0.6) is 5.75 Å². The first-order valence-corrected chi connectivity index (χ1v) is 8.70. The molecule has 0 radical (unpaired) electrons. The highest BCUT2D eigenvalue weighted by atomic mass is 19.1. The quantitative estimate of drug-likeness (QED) is 0.752. The first kappa shape index (κ1) is 18.6. The van der Waals surface area contributed by atoms with Gasteiger partial charge in [-0.25, -0.2) is 14.4 Å². The number of nitrogens with zero attached hydrogens (tertiary/aromatic N) is 2. The molecule has 2 aromatic rings. The van der Waals surface area contributed by atoms with E-state index >= 15 is 0 Å². The third kappa shape index (κ3) is 4.34. The number of hydrogen-bond donors (Lipinski definition) is 2. The molecule has 1 aliphatic rings. The van der Waals surface area contributed by atoms with E-state index in [1.165, 1.54) is 17.8 Å². The Balaban J connectivity index is 1.78. The van der Waals surface area contributed by atoms with Crippen molar-refractivity contribution in [3.63, 3.8) is 0 Å². The number of para-hydroxylation sites is 1. The maximum absolute atomic E-state index is 13.5. The van der Waals surface area contributed by atoms with E-state index in [4.69, 9.17) is 10.5 Å². The van der Waals surface area contributed by atoms with Crippen LogP contribution in [0.1, 0.15) is 30.8 Å². The molecule has 27 heavy (non-hydrogen) atoms. The summed E-state index contributed by atoms with van der Waals surface area (Å²) in [6, 6.07) is 7.90. The van der Waals surface area contributed by atoms with E-state index in [-0.39, 0.29) is 5.60 Å². The Labute approximate surface area is 158 Å². The zero-order valence-electron chi connectivity index (χ0n) is 15.5. The molecule has 0 fully saturated rings. The van der Waals surface area contributed by atoms with E-state index in [0.29, 0.717) is 23.8 Å². The molecule has 1 aromatic heterocycles. The zero-order chi connectivity index (χ0) is 19.4. The summed E-state index contributed by atoms with van der Waals surface area (Å²) in [6.07, 6.45) is 6.10. The molecule has 0 aliphatic carbocycles. The molecule has 0 bridgehead atoms. The summed E-state index contributed by atoms with van der Waals surface area (Å²) < 4.78 is 19.6. The van der Waals surface area contributed by atoms with Crippen molar-refractivity contribution in [2.45, 2.75) is 32.4 Å². The maximum atomic E-state index is 13.5. The number of fused-ring (bicyclic) bond motifs is 1. The number of ether oxygens (including phenoxy) is 1. The number of allylic oxidation sites excluding steroid dienone is 4. The molecule has 0 saturated heterocycles. The van der Waals surface area contributed by atoms with Gasteiger partial charge in [0.1, 0.15) is 23.0 Å². The van der Waals surface area contributed by atoms with Crippen LogP contribution in [-0.2, 0) is 13.0 Å². The topological polar surface area (TPSA) is 73.1 Å². The van der Waals surface area contributed by atoms with Crippen molar-refractivity contribution in [3.8, 4) is 5.75 Å². The van der Waals surface area contributed by atoms with Gasteiger partial charge in [-0.05, 0) is 37.6 Å². The monoisotopic (exact) mass is 366 g/mol. The molecular formula is C21H23FN4O. The maximum Gasteiger partial charge on any atom is 0.163 e. The van der Waals surface area contributed by atoms with Crippen molar-refractivity contribution in [1.29, 1.82) is 0 Å². The third-order valence-corrected chi connectivity index (χ3v) is 4.21. The molecule has 1 aromatic carbocycles. The lowest BCUT2D eigenvalue weighted by Crippen LogP contribution is -2.25. The molecule has 3 rings (SSSR count). The number of anilines is 1. The van der Waals surface area contributed by atoms with Crippen LogP contribution >= 0.6 is 0 Å². The Kier molecular flexibility index (Phi) is 5.26. The Morgan fingerprint density at radius 2 is 2.22 bits per heavy atom. The van der Waals surface area contributed by atoms with Crippen LogP contribution in [0.3, 0.4) is 0 Å². The average Bonchev–Trinajstić information content (AvgIpc) is 2.98. The highest BCUT2D eigenvalue weighted by Gasteiger charge is 2.31. The molecule has 6 heteroatoms. The van der Waals surface area contributed by atoms with Crippen LogP contribution in [0.25, 0.3) is 5.57 Å². The number of rotatable bonds is 6. The number of benzene rings is 1. The van der Waals surface area contributed by atoms with Gasteiger partial charge >= 0.3 is 0 Å². The molecule has 5 nitrogen and oxygen atoms in total. The van der Waals surface area contributed by atoms with Crippen LogP contribution in [-0.4, -0.2) is 15.6 Å². The van der Waals surface area contributed by atoms with E-state index in [9.17, 15) is 4.39 Å². The summed E-state index contributed by atoms with van der Waals surface area (Å²) in [4.78, 5) is 8.57. The van der Waals surface area contributed by atoms with Gasteiger partial charge in [0.2, 0.25) is 0 Å².